The number of nitrogens with zero attached hydrogens (tertiary/aromatic N) is 3. The molecule has 0 aliphatic rings. The molecular formula is C16H17N5O4. The number of fused-ring (bicyclic) bond motifs is 1. The number of benzene rings is 1. The number of carbonyl (C=O) groups excluding carboxylic acids is 1. The number of amides is 1. The molecule has 0 atom stereocenters. The highest BCUT2D eigenvalue weighted by Crippen LogP contribution is 2.27. The van der Waals surface area contributed by atoms with E-state index in [0.717, 1.165) is 5.69 Å². The van der Waals surface area contributed by atoms with E-state index in [1.807, 2.05) is 13.8 Å². The van der Waals surface area contributed by atoms with Gasteiger partial charge in [0.15, 0.2) is 0 Å². The first-order valence-electron chi connectivity index (χ1n) is 7.59. The predicted octanol–water partition coefficient (Wildman–Crippen LogP) is 2.05. The fourth-order valence-corrected chi connectivity index (χ4v) is 2.57. The molecule has 130 valence electrons. The van der Waals surface area contributed by atoms with E-state index >= 15 is 0 Å². The lowest BCUT2D eigenvalue weighted by Gasteiger charge is -2.04. The van der Waals surface area contributed by atoms with E-state index in [-0.39, 0.29) is 17.4 Å². The fourth-order valence-electron chi connectivity index (χ4n) is 2.57. The highest BCUT2D eigenvalue weighted by Gasteiger charge is 2.17. The average Bonchev–Trinajstić information content (AvgIpc) is 3.15. The molecule has 0 spiro atoms. The van der Waals surface area contributed by atoms with Crippen LogP contribution in [0.2, 0.25) is 0 Å². The Kier molecular flexibility index (Phi) is 4.14. The van der Waals surface area contributed by atoms with Gasteiger partial charge >= 0.3 is 5.97 Å². The summed E-state index contributed by atoms with van der Waals surface area (Å²) in [4.78, 5) is 30.8. The molecule has 1 amide bonds. The number of carbonyl (C=O) groups is 2. The Morgan fingerprint density at radius 1 is 1.36 bits per heavy atom. The fraction of sp³-hybridized carbons (Fsp3) is 0.250. The minimum absolute atomic E-state index is 0.0495. The number of hydrogen-bond donors (Lipinski definition) is 3. The van der Waals surface area contributed by atoms with Crippen molar-refractivity contribution in [2.75, 3.05) is 12.4 Å². The molecule has 0 radical (unpaired) electrons. The number of aromatic nitrogens is 4. The zero-order valence-electron chi connectivity index (χ0n) is 14.0. The Balaban J connectivity index is 1.96. The summed E-state index contributed by atoms with van der Waals surface area (Å²) in [5, 5.41) is 16.1. The van der Waals surface area contributed by atoms with Crippen LogP contribution >= 0.6 is 0 Å². The van der Waals surface area contributed by atoms with Gasteiger partial charge in [-0.3, -0.25) is 14.8 Å². The van der Waals surface area contributed by atoms with Gasteiger partial charge in [0.2, 0.25) is 5.95 Å². The highest BCUT2D eigenvalue weighted by molar-refractivity contribution is 6.03. The van der Waals surface area contributed by atoms with E-state index in [9.17, 15) is 9.59 Å². The molecule has 0 saturated heterocycles. The molecule has 0 bridgehead atoms. The number of aryl methyl sites for hydroxylation is 2. The highest BCUT2D eigenvalue weighted by atomic mass is 16.5. The minimum Gasteiger partial charge on any atom is -0.494 e. The maximum absolute atomic E-state index is 12.5. The number of imidazole rings is 1. The number of aromatic amines is 1. The Bertz CT molecular complexity index is 972. The van der Waals surface area contributed by atoms with Gasteiger partial charge in [0.1, 0.15) is 17.0 Å². The first-order valence-corrected chi connectivity index (χ1v) is 7.59. The van der Waals surface area contributed by atoms with Gasteiger partial charge in [-0.05, 0) is 32.0 Å². The summed E-state index contributed by atoms with van der Waals surface area (Å²) in [5.41, 5.74) is 2.09. The number of rotatable bonds is 5. The molecule has 0 saturated carbocycles. The van der Waals surface area contributed by atoms with Crippen molar-refractivity contribution in [1.82, 2.24) is 19.7 Å². The Morgan fingerprint density at radius 3 is 2.76 bits per heavy atom. The number of carboxylic acid groups (broad SMARTS) is 1. The predicted molar refractivity (Wildman–Crippen MR) is 90.2 cm³/mol. The third-order valence-corrected chi connectivity index (χ3v) is 3.69. The maximum Gasteiger partial charge on any atom is 0.335 e. The van der Waals surface area contributed by atoms with Gasteiger partial charge in [0, 0.05) is 6.54 Å². The monoisotopic (exact) mass is 343 g/mol. The lowest BCUT2D eigenvalue weighted by Crippen LogP contribution is -2.18. The topological polar surface area (TPSA) is 122 Å². The number of carboxylic acids is 1. The van der Waals surface area contributed by atoms with Gasteiger partial charge in [0.05, 0.1) is 23.9 Å². The van der Waals surface area contributed by atoms with Crippen LogP contribution in [0, 0.1) is 6.92 Å². The number of methoxy groups -OCH3 is 1. The summed E-state index contributed by atoms with van der Waals surface area (Å²) >= 11 is 0. The van der Waals surface area contributed by atoms with Gasteiger partial charge in [-0.1, -0.05) is 0 Å². The number of H-pyrrole nitrogens is 1. The Labute approximate surface area is 142 Å². The van der Waals surface area contributed by atoms with Crippen molar-refractivity contribution in [1.29, 1.82) is 0 Å². The first kappa shape index (κ1) is 16.5. The van der Waals surface area contributed by atoms with E-state index in [2.05, 4.69) is 20.4 Å². The van der Waals surface area contributed by atoms with Gasteiger partial charge < -0.3 is 14.8 Å². The largest absolute Gasteiger partial charge is 0.494 e. The molecule has 3 rings (SSSR count). The molecule has 2 aromatic heterocycles. The molecule has 0 aliphatic carbocycles. The third-order valence-electron chi connectivity index (χ3n) is 3.69. The van der Waals surface area contributed by atoms with Crippen molar-refractivity contribution < 1.29 is 19.4 Å². The molecule has 9 nitrogen and oxygen atoms in total. The number of nitrogens with one attached hydrogen (secondary N) is 2. The van der Waals surface area contributed by atoms with Gasteiger partial charge in [-0.15, -0.1) is 0 Å². The van der Waals surface area contributed by atoms with Crippen LogP contribution in [-0.2, 0) is 6.54 Å². The smallest absolute Gasteiger partial charge is 0.335 e. The van der Waals surface area contributed by atoms with Crippen molar-refractivity contribution in [2.45, 2.75) is 20.4 Å². The van der Waals surface area contributed by atoms with E-state index in [0.29, 0.717) is 29.0 Å². The molecule has 25 heavy (non-hydrogen) atoms. The van der Waals surface area contributed by atoms with Crippen LogP contribution in [-0.4, -0.2) is 43.8 Å². The van der Waals surface area contributed by atoms with E-state index < -0.39 is 5.97 Å². The van der Waals surface area contributed by atoms with Crippen LogP contribution in [0.4, 0.5) is 5.95 Å². The SMILES string of the molecule is CCn1nc(C)cc1C(=O)Nc1nc2cc(C(=O)O)cc(OC)c2[nH]1. The van der Waals surface area contributed by atoms with Crippen molar-refractivity contribution in [3.63, 3.8) is 0 Å². The maximum atomic E-state index is 12.5. The zero-order valence-corrected chi connectivity index (χ0v) is 14.0. The van der Waals surface area contributed by atoms with Crippen LogP contribution in [0.5, 0.6) is 5.75 Å². The summed E-state index contributed by atoms with van der Waals surface area (Å²) in [6, 6.07) is 4.49. The summed E-state index contributed by atoms with van der Waals surface area (Å²) in [7, 11) is 1.43. The molecule has 0 aliphatic heterocycles. The second kappa shape index (κ2) is 6.27. The molecule has 3 aromatic rings. The average molecular weight is 343 g/mol. The van der Waals surface area contributed by atoms with Crippen molar-refractivity contribution in [3.05, 3.63) is 35.2 Å². The summed E-state index contributed by atoms with van der Waals surface area (Å²) in [6.07, 6.45) is 0. The van der Waals surface area contributed by atoms with Crippen LogP contribution in [0.15, 0.2) is 18.2 Å². The van der Waals surface area contributed by atoms with Gasteiger partial charge in [-0.25, -0.2) is 9.78 Å². The van der Waals surface area contributed by atoms with Gasteiger partial charge in [0.25, 0.3) is 5.91 Å². The standard InChI is InChI=1S/C16H17N5O4/c1-4-21-11(5-8(2)20-21)14(22)19-16-17-10-6-9(15(23)24)7-12(25-3)13(10)18-16/h5-7H,4H2,1-3H3,(H,23,24)(H2,17,18,19,22). The van der Waals surface area contributed by atoms with E-state index in [4.69, 9.17) is 9.84 Å². The molecule has 0 unspecified atom stereocenters. The quantitative estimate of drug-likeness (QED) is 0.652. The van der Waals surface area contributed by atoms with Crippen molar-refractivity contribution >= 4 is 28.9 Å². The van der Waals surface area contributed by atoms with Crippen LogP contribution < -0.4 is 10.1 Å². The lowest BCUT2D eigenvalue weighted by atomic mass is 10.2. The number of hydrogen-bond acceptors (Lipinski definition) is 5. The second-order valence-electron chi connectivity index (χ2n) is 5.40. The Hall–Kier alpha value is -3.36. The summed E-state index contributed by atoms with van der Waals surface area (Å²) in [6.45, 7) is 4.26. The number of aromatic carboxylic acids is 1. The van der Waals surface area contributed by atoms with Crippen LogP contribution in [0.1, 0.15) is 33.5 Å². The molecular weight excluding hydrogens is 326 g/mol. The Morgan fingerprint density at radius 2 is 2.12 bits per heavy atom. The van der Waals surface area contributed by atoms with Gasteiger partial charge in [-0.2, -0.15) is 5.10 Å². The summed E-state index contributed by atoms with van der Waals surface area (Å²) < 4.78 is 6.79. The van der Waals surface area contributed by atoms with E-state index in [1.54, 1.807) is 10.7 Å². The van der Waals surface area contributed by atoms with E-state index in [1.165, 1.54) is 19.2 Å². The molecule has 9 heteroatoms. The number of anilines is 1. The molecule has 0 fully saturated rings. The van der Waals surface area contributed by atoms with Crippen molar-refractivity contribution in [3.8, 4) is 5.75 Å². The molecule has 1 aromatic carbocycles. The molecule has 2 heterocycles. The van der Waals surface area contributed by atoms with Crippen molar-refractivity contribution in [2.24, 2.45) is 0 Å². The first-order chi connectivity index (χ1) is 11.9. The summed E-state index contributed by atoms with van der Waals surface area (Å²) in [5.74, 6) is -0.922. The zero-order chi connectivity index (χ0) is 18.1. The third kappa shape index (κ3) is 3.03. The van der Waals surface area contributed by atoms with Crippen LogP contribution in [0.3, 0.4) is 0 Å². The normalized spacial score (nSPS) is 10.8. The second-order valence-corrected chi connectivity index (χ2v) is 5.40. The lowest BCUT2D eigenvalue weighted by molar-refractivity contribution is 0.0696. The number of ether oxygens (including phenoxy) is 1. The minimum atomic E-state index is -1.09. The molecule has 3 N–H and O–H groups in total. The van der Waals surface area contributed by atoms with Crippen LogP contribution in [0.25, 0.3) is 11.0 Å².